The Kier molecular flexibility index (Phi) is 5.39. The molecule has 0 saturated heterocycles. The number of rotatable bonds is 6. The number of aryl methyl sites for hydroxylation is 1. The van der Waals surface area contributed by atoms with Gasteiger partial charge < -0.3 is 0 Å². The van der Waals surface area contributed by atoms with Crippen LogP contribution in [0.2, 0.25) is 0 Å². The van der Waals surface area contributed by atoms with Crippen molar-refractivity contribution in [1.29, 1.82) is 0 Å². The van der Waals surface area contributed by atoms with Crippen LogP contribution in [0, 0.1) is 22.9 Å². The van der Waals surface area contributed by atoms with E-state index in [-0.39, 0.29) is 21.8 Å². The van der Waals surface area contributed by atoms with Crippen LogP contribution < -0.4 is 4.31 Å². The maximum atomic E-state index is 13.0. The predicted molar refractivity (Wildman–Crippen MR) is 89.6 cm³/mol. The highest BCUT2D eigenvalue weighted by Crippen LogP contribution is 2.29. The lowest BCUT2D eigenvalue weighted by atomic mass is 10.2. The van der Waals surface area contributed by atoms with Gasteiger partial charge in [-0.3, -0.25) is 19.2 Å². The third-order valence-electron chi connectivity index (χ3n) is 3.33. The molecule has 0 aliphatic carbocycles. The van der Waals surface area contributed by atoms with Crippen molar-refractivity contribution in [1.82, 2.24) is 0 Å². The van der Waals surface area contributed by atoms with Gasteiger partial charge in [-0.15, -0.1) is 0 Å². The molecular formula is C15H12ClFN2O5S. The third kappa shape index (κ3) is 4.12. The van der Waals surface area contributed by atoms with Crippen LogP contribution in [0.25, 0.3) is 0 Å². The number of non-ortho nitro benzene ring substituents is 1. The average molecular weight is 387 g/mol. The Morgan fingerprint density at radius 1 is 1.24 bits per heavy atom. The van der Waals surface area contributed by atoms with Gasteiger partial charge in [0.1, 0.15) is 12.4 Å². The van der Waals surface area contributed by atoms with E-state index in [1.807, 2.05) is 0 Å². The van der Waals surface area contributed by atoms with Gasteiger partial charge in [0.25, 0.3) is 15.7 Å². The van der Waals surface area contributed by atoms with Crippen molar-refractivity contribution in [2.75, 3.05) is 10.8 Å². The molecule has 2 rings (SSSR count). The minimum atomic E-state index is -4.23. The number of sulfonamides is 1. The lowest BCUT2D eigenvalue weighted by Crippen LogP contribution is -2.35. The van der Waals surface area contributed by atoms with Crippen molar-refractivity contribution in [2.45, 2.75) is 11.8 Å². The van der Waals surface area contributed by atoms with E-state index in [4.69, 9.17) is 11.6 Å². The van der Waals surface area contributed by atoms with Crippen LogP contribution in [0.15, 0.2) is 47.4 Å². The predicted octanol–water partition coefficient (Wildman–Crippen LogP) is 3.00. The summed E-state index contributed by atoms with van der Waals surface area (Å²) >= 11 is 5.36. The Labute approximate surface area is 147 Å². The molecule has 0 aliphatic rings. The number of benzene rings is 2. The molecule has 0 saturated carbocycles. The van der Waals surface area contributed by atoms with E-state index in [0.29, 0.717) is 0 Å². The lowest BCUT2D eigenvalue weighted by Gasteiger charge is -2.24. The first-order valence-electron chi connectivity index (χ1n) is 6.84. The van der Waals surface area contributed by atoms with Crippen molar-refractivity contribution < 1.29 is 22.5 Å². The van der Waals surface area contributed by atoms with Gasteiger partial charge in [0.15, 0.2) is 0 Å². The second kappa shape index (κ2) is 7.16. The normalized spacial score (nSPS) is 11.2. The molecule has 0 aromatic heterocycles. The lowest BCUT2D eigenvalue weighted by molar-refractivity contribution is -0.384. The summed E-state index contributed by atoms with van der Waals surface area (Å²) in [7, 11) is -4.23. The highest BCUT2D eigenvalue weighted by molar-refractivity contribution is 7.92. The Balaban J connectivity index is 2.58. The second-order valence-corrected chi connectivity index (χ2v) is 7.33. The molecule has 0 spiro atoms. The van der Waals surface area contributed by atoms with E-state index in [1.54, 1.807) is 0 Å². The standard InChI is InChI=1S/C15H12ClFN2O5S/c1-10-8-12(19(21)22)4-7-14(10)18(9-15(16)20)25(23,24)13-5-2-11(17)3-6-13/h2-8H,9H2,1H3. The molecule has 2 aromatic carbocycles. The fourth-order valence-corrected chi connectivity index (χ4v) is 3.86. The van der Waals surface area contributed by atoms with E-state index in [0.717, 1.165) is 34.6 Å². The van der Waals surface area contributed by atoms with Crippen molar-refractivity contribution in [3.05, 3.63) is 64.0 Å². The number of anilines is 1. The first kappa shape index (κ1) is 18.8. The molecule has 0 fully saturated rings. The zero-order valence-corrected chi connectivity index (χ0v) is 14.4. The van der Waals surface area contributed by atoms with Gasteiger partial charge in [0, 0.05) is 12.1 Å². The largest absolute Gasteiger partial charge is 0.279 e. The van der Waals surface area contributed by atoms with E-state index < -0.39 is 32.6 Å². The molecule has 0 radical (unpaired) electrons. The summed E-state index contributed by atoms with van der Waals surface area (Å²) in [6, 6.07) is 7.56. The maximum Gasteiger partial charge on any atom is 0.269 e. The summed E-state index contributed by atoms with van der Waals surface area (Å²) < 4.78 is 39.4. The molecule has 0 atom stereocenters. The van der Waals surface area contributed by atoms with E-state index >= 15 is 0 Å². The molecule has 0 N–H and O–H groups in total. The van der Waals surface area contributed by atoms with Crippen LogP contribution in [-0.2, 0) is 14.8 Å². The molecule has 2 aromatic rings. The van der Waals surface area contributed by atoms with Crippen LogP contribution in [0.1, 0.15) is 5.56 Å². The number of nitrogens with zero attached hydrogens (tertiary/aromatic N) is 2. The van der Waals surface area contributed by atoms with Crippen LogP contribution in [0.3, 0.4) is 0 Å². The Hall–Kier alpha value is -2.52. The topological polar surface area (TPSA) is 97.6 Å². The quantitative estimate of drug-likeness (QED) is 0.432. The fourth-order valence-electron chi connectivity index (χ4n) is 2.18. The van der Waals surface area contributed by atoms with Crippen LogP contribution in [0.4, 0.5) is 15.8 Å². The van der Waals surface area contributed by atoms with Crippen molar-refractivity contribution in [2.24, 2.45) is 0 Å². The SMILES string of the molecule is Cc1cc([N+](=O)[O-])ccc1N(CC(=O)Cl)S(=O)(=O)c1ccc(F)cc1. The summed E-state index contributed by atoms with van der Waals surface area (Å²) in [5.41, 5.74) is 0.0966. The van der Waals surface area contributed by atoms with Gasteiger partial charge in [0.2, 0.25) is 5.24 Å². The molecule has 25 heavy (non-hydrogen) atoms. The monoisotopic (exact) mass is 386 g/mol. The molecule has 7 nitrogen and oxygen atoms in total. The maximum absolute atomic E-state index is 13.0. The third-order valence-corrected chi connectivity index (χ3v) is 5.22. The van der Waals surface area contributed by atoms with E-state index in [1.165, 1.54) is 19.1 Å². The number of nitro groups is 1. The van der Waals surface area contributed by atoms with Gasteiger partial charge in [-0.05, 0) is 54.4 Å². The van der Waals surface area contributed by atoms with Gasteiger partial charge in [-0.2, -0.15) is 0 Å². The van der Waals surface area contributed by atoms with Gasteiger partial charge >= 0.3 is 0 Å². The Morgan fingerprint density at radius 3 is 2.32 bits per heavy atom. The fraction of sp³-hybridized carbons (Fsp3) is 0.133. The van der Waals surface area contributed by atoms with E-state index in [2.05, 4.69) is 0 Å². The Bertz CT molecular complexity index is 931. The Morgan fingerprint density at radius 2 is 1.84 bits per heavy atom. The van der Waals surface area contributed by atoms with Gasteiger partial charge in [-0.25, -0.2) is 12.8 Å². The zero-order chi connectivity index (χ0) is 18.8. The van der Waals surface area contributed by atoms with Crippen molar-refractivity contribution in [3.63, 3.8) is 0 Å². The van der Waals surface area contributed by atoms with Crippen molar-refractivity contribution in [3.8, 4) is 0 Å². The molecule has 0 heterocycles. The number of halogens is 2. The van der Waals surface area contributed by atoms with Crippen molar-refractivity contribution >= 4 is 38.2 Å². The summed E-state index contributed by atoms with van der Waals surface area (Å²) in [4.78, 5) is 21.3. The first-order chi connectivity index (χ1) is 11.6. The molecule has 0 unspecified atom stereocenters. The zero-order valence-electron chi connectivity index (χ0n) is 12.8. The summed E-state index contributed by atoms with van der Waals surface area (Å²) in [6.45, 7) is 0.786. The molecular weight excluding hydrogens is 375 g/mol. The summed E-state index contributed by atoms with van der Waals surface area (Å²) in [5.74, 6) is -0.620. The summed E-state index contributed by atoms with van der Waals surface area (Å²) in [6.07, 6.45) is 0. The minimum Gasteiger partial charge on any atom is -0.279 e. The van der Waals surface area contributed by atoms with Crippen LogP contribution in [-0.4, -0.2) is 25.1 Å². The highest BCUT2D eigenvalue weighted by Gasteiger charge is 2.28. The molecule has 0 bridgehead atoms. The number of hydrogen-bond donors (Lipinski definition) is 0. The number of carbonyl (C=O) groups is 1. The molecule has 10 heteroatoms. The highest BCUT2D eigenvalue weighted by atomic mass is 35.5. The number of carbonyl (C=O) groups excluding carboxylic acids is 1. The first-order valence-corrected chi connectivity index (χ1v) is 8.66. The van der Waals surface area contributed by atoms with Crippen LogP contribution >= 0.6 is 11.6 Å². The van der Waals surface area contributed by atoms with Gasteiger partial charge in [-0.1, -0.05) is 0 Å². The number of hydrogen-bond acceptors (Lipinski definition) is 5. The average Bonchev–Trinajstić information content (AvgIpc) is 2.53. The molecule has 0 aliphatic heterocycles. The van der Waals surface area contributed by atoms with E-state index in [9.17, 15) is 27.7 Å². The minimum absolute atomic E-state index is 0.0592. The molecule has 132 valence electrons. The second-order valence-electron chi connectivity index (χ2n) is 5.05. The molecule has 0 amide bonds. The number of nitro benzene ring substituents is 1. The smallest absolute Gasteiger partial charge is 0.269 e. The van der Waals surface area contributed by atoms with Crippen LogP contribution in [0.5, 0.6) is 0 Å². The summed E-state index contributed by atoms with van der Waals surface area (Å²) in [5, 5.41) is 9.88. The van der Waals surface area contributed by atoms with Gasteiger partial charge in [0.05, 0.1) is 15.5 Å².